The number of nitrogens with zero attached hydrogens (tertiary/aromatic N) is 3. The minimum Gasteiger partial charge on any atom is -0.407 e. The third-order valence-electron chi connectivity index (χ3n) is 5.39. The number of hydrogen-bond donors (Lipinski definition) is 2. The van der Waals surface area contributed by atoms with E-state index in [1.165, 1.54) is 0 Å². The van der Waals surface area contributed by atoms with Gasteiger partial charge in [-0.2, -0.15) is 0 Å². The maximum Gasteiger partial charge on any atom is 0.291 e. The molecule has 2 saturated heterocycles. The van der Waals surface area contributed by atoms with Crippen LogP contribution in [0.25, 0.3) is 0 Å². The van der Waals surface area contributed by atoms with Crippen LogP contribution in [-0.2, 0) is 4.74 Å². The molecule has 2 heterocycles. The lowest BCUT2D eigenvalue weighted by atomic mass is 10.0. The van der Waals surface area contributed by atoms with E-state index in [1.807, 2.05) is 63.8 Å². The average molecular weight is 404 g/mol. The number of likely N-dealkylation sites (N-methyl/N-ethyl adjacent to an activating group) is 1. The van der Waals surface area contributed by atoms with Gasteiger partial charge in [0.05, 0.1) is 0 Å². The number of benzene rings is 1. The second kappa shape index (κ2) is 13.3. The lowest BCUT2D eigenvalue weighted by Crippen LogP contribution is -2.53. The first-order valence-corrected chi connectivity index (χ1v) is 11.1. The molecular formula is C23H41N5O. The number of amidine groups is 1. The zero-order chi connectivity index (χ0) is 21.8. The summed E-state index contributed by atoms with van der Waals surface area (Å²) < 4.78 is 5.52. The van der Waals surface area contributed by atoms with E-state index < -0.39 is 0 Å². The van der Waals surface area contributed by atoms with Crippen molar-refractivity contribution in [3.8, 4) is 0 Å². The Morgan fingerprint density at radius 1 is 0.897 bits per heavy atom. The summed E-state index contributed by atoms with van der Waals surface area (Å²) in [6, 6.07) is 8.38. The lowest BCUT2D eigenvalue weighted by molar-refractivity contribution is 0.0786. The van der Waals surface area contributed by atoms with Gasteiger partial charge in [-0.05, 0) is 38.4 Å². The van der Waals surface area contributed by atoms with E-state index in [1.54, 1.807) is 0 Å². The smallest absolute Gasteiger partial charge is 0.291 e. The van der Waals surface area contributed by atoms with Crippen LogP contribution in [0.15, 0.2) is 24.3 Å². The summed E-state index contributed by atoms with van der Waals surface area (Å²) in [7, 11) is 2.18. The molecule has 1 aromatic carbocycles. The number of likely N-dealkylation sites (tertiary alicyclic amines) is 1. The van der Waals surface area contributed by atoms with Gasteiger partial charge < -0.3 is 14.5 Å². The summed E-state index contributed by atoms with van der Waals surface area (Å²) in [6.45, 7) is 16.2. The van der Waals surface area contributed by atoms with E-state index in [0.717, 1.165) is 63.2 Å². The minimum absolute atomic E-state index is 0.0595. The van der Waals surface area contributed by atoms with E-state index in [-0.39, 0.29) is 11.9 Å². The molecule has 3 rings (SSSR count). The molecule has 0 saturated carbocycles. The second-order valence-electron chi connectivity index (χ2n) is 7.11. The highest BCUT2D eigenvalue weighted by Gasteiger charge is 2.28. The Balaban J connectivity index is 0.000000989. The van der Waals surface area contributed by atoms with Crippen molar-refractivity contribution >= 4 is 11.9 Å². The Morgan fingerprint density at radius 2 is 1.45 bits per heavy atom. The van der Waals surface area contributed by atoms with Gasteiger partial charge in [0.15, 0.2) is 0 Å². The SMILES string of the molecule is CC.CC.Cc1ccccc1C(=N)OC(=N)N1CCC(N2CCN(C)CC2)CC1. The highest BCUT2D eigenvalue weighted by atomic mass is 16.5. The molecule has 0 atom stereocenters. The Bertz CT molecular complexity index is 617. The van der Waals surface area contributed by atoms with Crippen LogP contribution in [0.1, 0.15) is 51.7 Å². The number of aryl methyl sites for hydroxylation is 1. The molecule has 0 bridgehead atoms. The number of nitrogens with one attached hydrogen (secondary N) is 2. The van der Waals surface area contributed by atoms with Gasteiger partial charge in [-0.1, -0.05) is 45.9 Å². The van der Waals surface area contributed by atoms with Crippen molar-refractivity contribution in [1.82, 2.24) is 14.7 Å². The molecular weight excluding hydrogens is 362 g/mol. The Hall–Kier alpha value is -1.92. The van der Waals surface area contributed by atoms with Crippen LogP contribution in [0.2, 0.25) is 0 Å². The monoisotopic (exact) mass is 403 g/mol. The van der Waals surface area contributed by atoms with Crippen molar-refractivity contribution in [2.24, 2.45) is 0 Å². The van der Waals surface area contributed by atoms with Gasteiger partial charge >= 0.3 is 0 Å². The van der Waals surface area contributed by atoms with Gasteiger partial charge in [0.25, 0.3) is 6.02 Å². The Morgan fingerprint density at radius 3 is 2.00 bits per heavy atom. The predicted molar refractivity (Wildman–Crippen MR) is 123 cm³/mol. The van der Waals surface area contributed by atoms with Gasteiger partial charge in [0, 0.05) is 50.9 Å². The molecule has 2 aliphatic heterocycles. The molecule has 6 nitrogen and oxygen atoms in total. The molecule has 2 N–H and O–H groups in total. The maximum absolute atomic E-state index is 8.21. The molecule has 0 spiro atoms. The highest BCUT2D eigenvalue weighted by Crippen LogP contribution is 2.19. The Kier molecular flexibility index (Phi) is 11.5. The fourth-order valence-electron chi connectivity index (χ4n) is 3.67. The van der Waals surface area contributed by atoms with Crippen molar-refractivity contribution < 1.29 is 4.74 Å². The summed E-state index contributed by atoms with van der Waals surface area (Å²) in [5, 5.41) is 16.3. The zero-order valence-electron chi connectivity index (χ0n) is 19.3. The fourth-order valence-corrected chi connectivity index (χ4v) is 3.67. The van der Waals surface area contributed by atoms with Crippen LogP contribution >= 0.6 is 0 Å². The molecule has 0 aliphatic carbocycles. The van der Waals surface area contributed by atoms with Gasteiger partial charge in [-0.25, -0.2) is 0 Å². The third-order valence-corrected chi connectivity index (χ3v) is 5.39. The number of rotatable bonds is 2. The van der Waals surface area contributed by atoms with E-state index in [0.29, 0.717) is 6.04 Å². The van der Waals surface area contributed by atoms with Crippen molar-refractivity contribution in [2.75, 3.05) is 46.3 Å². The molecule has 29 heavy (non-hydrogen) atoms. The molecule has 0 unspecified atom stereocenters. The topological polar surface area (TPSA) is 66.7 Å². The highest BCUT2D eigenvalue weighted by molar-refractivity contribution is 5.99. The van der Waals surface area contributed by atoms with Crippen LogP contribution in [0.3, 0.4) is 0 Å². The molecule has 2 aliphatic rings. The molecule has 2 fully saturated rings. The van der Waals surface area contributed by atoms with E-state index in [9.17, 15) is 0 Å². The molecule has 1 aromatic rings. The van der Waals surface area contributed by atoms with Crippen molar-refractivity contribution in [3.63, 3.8) is 0 Å². The number of ether oxygens (including phenoxy) is 1. The van der Waals surface area contributed by atoms with Gasteiger partial charge in [-0.3, -0.25) is 15.7 Å². The summed E-state index contributed by atoms with van der Waals surface area (Å²) in [5.41, 5.74) is 1.74. The van der Waals surface area contributed by atoms with E-state index in [4.69, 9.17) is 15.6 Å². The lowest BCUT2D eigenvalue weighted by Gasteiger charge is -2.42. The normalized spacial score (nSPS) is 18.1. The number of piperazine rings is 1. The maximum atomic E-state index is 8.21. The largest absolute Gasteiger partial charge is 0.407 e. The van der Waals surface area contributed by atoms with Crippen LogP contribution in [0.4, 0.5) is 0 Å². The molecule has 164 valence electrons. The summed E-state index contributed by atoms with van der Waals surface area (Å²) >= 11 is 0. The van der Waals surface area contributed by atoms with Gasteiger partial charge in [-0.15, -0.1) is 0 Å². The predicted octanol–water partition coefficient (Wildman–Crippen LogP) is 4.04. The van der Waals surface area contributed by atoms with Crippen LogP contribution in [0, 0.1) is 17.7 Å². The third kappa shape index (κ3) is 7.44. The van der Waals surface area contributed by atoms with Crippen LogP contribution in [-0.4, -0.2) is 79.0 Å². The quantitative estimate of drug-likeness (QED) is 0.578. The van der Waals surface area contributed by atoms with Crippen LogP contribution in [0.5, 0.6) is 0 Å². The zero-order valence-corrected chi connectivity index (χ0v) is 19.3. The first-order valence-electron chi connectivity index (χ1n) is 11.1. The van der Waals surface area contributed by atoms with E-state index in [2.05, 4.69) is 16.8 Å². The number of piperidine rings is 1. The van der Waals surface area contributed by atoms with Crippen molar-refractivity contribution in [2.45, 2.75) is 53.5 Å². The van der Waals surface area contributed by atoms with Crippen LogP contribution < -0.4 is 0 Å². The molecule has 0 radical (unpaired) electrons. The Labute approximate surface area is 177 Å². The number of hydrogen-bond acceptors (Lipinski definition) is 5. The molecule has 0 amide bonds. The van der Waals surface area contributed by atoms with Gasteiger partial charge in [0.2, 0.25) is 5.90 Å². The van der Waals surface area contributed by atoms with Crippen molar-refractivity contribution in [1.29, 1.82) is 10.8 Å². The average Bonchev–Trinajstić information content (AvgIpc) is 2.77. The molecule has 6 heteroatoms. The first kappa shape index (κ1) is 25.1. The summed E-state index contributed by atoms with van der Waals surface area (Å²) in [4.78, 5) is 6.93. The summed E-state index contributed by atoms with van der Waals surface area (Å²) in [5.74, 6) is 0.0595. The molecule has 0 aromatic heterocycles. The van der Waals surface area contributed by atoms with Crippen molar-refractivity contribution in [3.05, 3.63) is 35.4 Å². The second-order valence-corrected chi connectivity index (χ2v) is 7.11. The van der Waals surface area contributed by atoms with Gasteiger partial charge in [0.1, 0.15) is 0 Å². The minimum atomic E-state index is 0.0595. The summed E-state index contributed by atoms with van der Waals surface area (Å²) in [6.07, 6.45) is 2.13. The van der Waals surface area contributed by atoms with E-state index >= 15 is 0 Å². The standard InChI is InChI=1S/C19H29N5O.2C2H6/c1-15-5-3-4-6-17(15)18(20)25-19(21)24-9-7-16(8-10-24)23-13-11-22(2)12-14-23;2*1-2/h3-6,16,20-21H,7-14H2,1-2H3;2*1-2H3. The first-order chi connectivity index (χ1) is 14.0. The fraction of sp³-hybridized carbons (Fsp3) is 0.652.